The third-order valence-electron chi connectivity index (χ3n) is 4.84. The topological polar surface area (TPSA) is 75.6 Å². The third-order valence-corrected chi connectivity index (χ3v) is 7.26. The molecule has 0 bridgehead atoms. The molecule has 0 heterocycles. The van der Waals surface area contributed by atoms with E-state index in [0.29, 0.717) is 27.1 Å². The molecule has 0 amide bonds. The highest BCUT2D eigenvalue weighted by Gasteiger charge is 2.19. The second-order valence-electron chi connectivity index (χ2n) is 7.01. The van der Waals surface area contributed by atoms with E-state index in [-0.39, 0.29) is 10.6 Å². The first-order valence-electron chi connectivity index (χ1n) is 9.53. The van der Waals surface area contributed by atoms with Gasteiger partial charge in [0.05, 0.1) is 22.6 Å². The summed E-state index contributed by atoms with van der Waals surface area (Å²) in [5.74, 6) is 0.694. The first-order chi connectivity index (χ1) is 14.9. The first-order valence-corrected chi connectivity index (χ1v) is 11.8. The highest BCUT2D eigenvalue weighted by atomic mass is 32.2. The SMILES string of the molecule is COc1ccc(S(=O)(=O)Nc2cc(Sc3ccc(C)cc3)c(O)c3ccccc23)cc1. The summed E-state index contributed by atoms with van der Waals surface area (Å²) in [6.45, 7) is 2.01. The number of phenols is 1. The Hall–Kier alpha value is -3.16. The van der Waals surface area contributed by atoms with Crippen LogP contribution >= 0.6 is 11.8 Å². The largest absolute Gasteiger partial charge is 0.506 e. The van der Waals surface area contributed by atoms with Gasteiger partial charge >= 0.3 is 0 Å². The normalized spacial score (nSPS) is 11.4. The van der Waals surface area contributed by atoms with Gasteiger partial charge in [0.1, 0.15) is 11.5 Å². The van der Waals surface area contributed by atoms with E-state index < -0.39 is 10.0 Å². The van der Waals surface area contributed by atoms with Crippen LogP contribution in [-0.2, 0) is 10.0 Å². The average molecular weight is 452 g/mol. The molecule has 0 aliphatic carbocycles. The Bertz CT molecular complexity index is 1330. The van der Waals surface area contributed by atoms with Crippen molar-refractivity contribution in [2.75, 3.05) is 11.8 Å². The van der Waals surface area contributed by atoms with E-state index in [2.05, 4.69) is 4.72 Å². The van der Waals surface area contributed by atoms with Gasteiger partial charge < -0.3 is 9.84 Å². The summed E-state index contributed by atoms with van der Waals surface area (Å²) in [7, 11) is -2.31. The summed E-state index contributed by atoms with van der Waals surface area (Å²) in [6, 6.07) is 22.9. The maximum Gasteiger partial charge on any atom is 0.261 e. The smallest absolute Gasteiger partial charge is 0.261 e. The van der Waals surface area contributed by atoms with Gasteiger partial charge in [-0.15, -0.1) is 0 Å². The molecule has 0 radical (unpaired) electrons. The van der Waals surface area contributed by atoms with E-state index in [0.717, 1.165) is 10.5 Å². The van der Waals surface area contributed by atoms with Crippen LogP contribution in [0.25, 0.3) is 10.8 Å². The molecule has 5 nitrogen and oxygen atoms in total. The molecule has 0 atom stereocenters. The zero-order valence-electron chi connectivity index (χ0n) is 17.0. The van der Waals surface area contributed by atoms with Gasteiger partial charge in [-0.3, -0.25) is 4.72 Å². The highest BCUT2D eigenvalue weighted by molar-refractivity contribution is 7.99. The predicted octanol–water partition coefficient (Wildman–Crippen LogP) is 5.81. The number of anilines is 1. The zero-order valence-corrected chi connectivity index (χ0v) is 18.6. The van der Waals surface area contributed by atoms with Gasteiger partial charge in [-0.05, 0) is 49.4 Å². The molecule has 0 unspecified atom stereocenters. The van der Waals surface area contributed by atoms with E-state index in [1.807, 2.05) is 37.3 Å². The number of hydrogen-bond acceptors (Lipinski definition) is 5. The van der Waals surface area contributed by atoms with Crippen LogP contribution in [0.4, 0.5) is 5.69 Å². The van der Waals surface area contributed by atoms with Crippen LogP contribution in [0.2, 0.25) is 0 Å². The van der Waals surface area contributed by atoms with Crippen molar-refractivity contribution in [1.82, 2.24) is 0 Å². The summed E-state index contributed by atoms with van der Waals surface area (Å²) in [6.07, 6.45) is 0. The van der Waals surface area contributed by atoms with Crippen LogP contribution in [0.1, 0.15) is 5.56 Å². The van der Waals surface area contributed by atoms with Gasteiger partial charge in [0.25, 0.3) is 10.0 Å². The second-order valence-corrected chi connectivity index (χ2v) is 9.81. The number of ether oxygens (including phenoxy) is 1. The summed E-state index contributed by atoms with van der Waals surface area (Å²) in [4.78, 5) is 1.63. The lowest BCUT2D eigenvalue weighted by molar-refractivity contribution is 0.414. The number of fused-ring (bicyclic) bond motifs is 1. The van der Waals surface area contributed by atoms with Gasteiger partial charge in [-0.2, -0.15) is 0 Å². The molecule has 2 N–H and O–H groups in total. The molecule has 0 saturated carbocycles. The molecule has 0 saturated heterocycles. The summed E-state index contributed by atoms with van der Waals surface area (Å²) in [5.41, 5.74) is 1.54. The minimum atomic E-state index is -3.83. The van der Waals surface area contributed by atoms with Crippen molar-refractivity contribution in [2.24, 2.45) is 0 Å². The number of sulfonamides is 1. The van der Waals surface area contributed by atoms with Crippen molar-refractivity contribution >= 4 is 38.2 Å². The summed E-state index contributed by atoms with van der Waals surface area (Å²) >= 11 is 1.38. The maximum absolute atomic E-state index is 13.0. The quantitative estimate of drug-likeness (QED) is 0.362. The molecule has 7 heteroatoms. The van der Waals surface area contributed by atoms with Crippen molar-refractivity contribution in [2.45, 2.75) is 21.6 Å². The number of hydrogen-bond donors (Lipinski definition) is 2. The third kappa shape index (κ3) is 4.47. The van der Waals surface area contributed by atoms with Crippen molar-refractivity contribution < 1.29 is 18.3 Å². The van der Waals surface area contributed by atoms with Crippen molar-refractivity contribution in [1.29, 1.82) is 0 Å². The lowest BCUT2D eigenvalue weighted by Crippen LogP contribution is -2.13. The van der Waals surface area contributed by atoms with E-state index in [9.17, 15) is 13.5 Å². The van der Waals surface area contributed by atoms with Crippen molar-refractivity contribution in [3.05, 3.63) is 84.4 Å². The summed E-state index contributed by atoms with van der Waals surface area (Å²) < 4.78 is 33.8. The Labute approximate surface area is 185 Å². The van der Waals surface area contributed by atoms with Gasteiger partial charge in [-0.25, -0.2) is 8.42 Å². The molecule has 0 aromatic heterocycles. The second kappa shape index (κ2) is 8.53. The van der Waals surface area contributed by atoms with Crippen LogP contribution in [0.5, 0.6) is 11.5 Å². The van der Waals surface area contributed by atoms with Crippen LogP contribution < -0.4 is 9.46 Å². The van der Waals surface area contributed by atoms with E-state index in [1.54, 1.807) is 36.4 Å². The fraction of sp³-hybridized carbons (Fsp3) is 0.0833. The Morgan fingerprint density at radius 3 is 2.19 bits per heavy atom. The van der Waals surface area contributed by atoms with E-state index in [1.165, 1.54) is 31.0 Å². The zero-order chi connectivity index (χ0) is 22.0. The number of methoxy groups -OCH3 is 1. The van der Waals surface area contributed by atoms with Gasteiger partial charge in [0.15, 0.2) is 0 Å². The highest BCUT2D eigenvalue weighted by Crippen LogP contribution is 2.43. The van der Waals surface area contributed by atoms with Gasteiger partial charge in [0, 0.05) is 15.7 Å². The predicted molar refractivity (Wildman–Crippen MR) is 125 cm³/mol. The lowest BCUT2D eigenvalue weighted by atomic mass is 10.1. The number of rotatable bonds is 6. The lowest BCUT2D eigenvalue weighted by Gasteiger charge is -2.15. The Morgan fingerprint density at radius 2 is 1.55 bits per heavy atom. The molecule has 4 aromatic carbocycles. The molecule has 31 heavy (non-hydrogen) atoms. The van der Waals surface area contributed by atoms with Crippen LogP contribution in [0, 0.1) is 6.92 Å². The first kappa shape index (κ1) is 21.1. The Balaban J connectivity index is 1.77. The number of nitrogens with one attached hydrogen (secondary N) is 1. The number of benzene rings is 4. The fourth-order valence-electron chi connectivity index (χ4n) is 3.19. The fourth-order valence-corrected chi connectivity index (χ4v) is 5.17. The molecule has 0 fully saturated rings. The molecule has 0 spiro atoms. The molecule has 0 aliphatic heterocycles. The molecule has 0 aliphatic rings. The molecule has 158 valence electrons. The minimum Gasteiger partial charge on any atom is -0.506 e. The standard InChI is InChI=1S/C24H21NO4S2/c1-16-7-11-18(12-8-16)30-23-15-22(20-5-3-4-6-21(20)24(23)26)25-31(27,28)19-13-9-17(29-2)10-14-19/h3-15,25-26H,1-2H3. The average Bonchev–Trinajstić information content (AvgIpc) is 2.78. The van der Waals surface area contributed by atoms with E-state index in [4.69, 9.17) is 4.74 Å². The molecule has 4 rings (SSSR count). The number of aryl methyl sites for hydroxylation is 1. The number of aromatic hydroxyl groups is 1. The monoisotopic (exact) mass is 451 g/mol. The van der Waals surface area contributed by atoms with Crippen LogP contribution in [0.3, 0.4) is 0 Å². The Kier molecular flexibility index (Phi) is 5.80. The maximum atomic E-state index is 13.0. The van der Waals surface area contributed by atoms with Crippen molar-refractivity contribution in [3.8, 4) is 11.5 Å². The van der Waals surface area contributed by atoms with E-state index >= 15 is 0 Å². The molecular formula is C24H21NO4S2. The minimum absolute atomic E-state index is 0.119. The Morgan fingerprint density at radius 1 is 0.903 bits per heavy atom. The molecule has 4 aromatic rings. The van der Waals surface area contributed by atoms with Crippen LogP contribution in [-0.4, -0.2) is 20.6 Å². The van der Waals surface area contributed by atoms with Crippen LogP contribution in [0.15, 0.2) is 93.5 Å². The van der Waals surface area contributed by atoms with Crippen molar-refractivity contribution in [3.63, 3.8) is 0 Å². The molecular weight excluding hydrogens is 430 g/mol. The van der Waals surface area contributed by atoms with Gasteiger partial charge in [0.2, 0.25) is 0 Å². The van der Waals surface area contributed by atoms with Gasteiger partial charge in [-0.1, -0.05) is 53.7 Å². The summed E-state index contributed by atoms with van der Waals surface area (Å²) in [5, 5.41) is 12.0. The number of phenolic OH excluding ortho intramolecular Hbond substituents is 1.